The molecule has 4 nitrogen and oxygen atoms in total. The minimum atomic E-state index is -0.505. The summed E-state index contributed by atoms with van der Waals surface area (Å²) in [5, 5.41) is 0. The normalized spacial score (nSPS) is 16.6. The maximum atomic E-state index is 12.5. The van der Waals surface area contributed by atoms with Crippen molar-refractivity contribution in [1.82, 2.24) is 4.90 Å². The molecule has 1 aliphatic heterocycles. The van der Waals surface area contributed by atoms with E-state index in [1.54, 1.807) is 0 Å². The van der Waals surface area contributed by atoms with Crippen LogP contribution in [0.15, 0.2) is 54.6 Å². The van der Waals surface area contributed by atoms with Gasteiger partial charge in [-0.05, 0) is 43.7 Å². The van der Waals surface area contributed by atoms with E-state index in [2.05, 4.69) is 31.2 Å². The third kappa shape index (κ3) is 4.72. The predicted octanol–water partition coefficient (Wildman–Crippen LogP) is 4.30. The van der Waals surface area contributed by atoms with Crippen LogP contribution in [0.4, 0.5) is 4.79 Å². The van der Waals surface area contributed by atoms with Crippen molar-refractivity contribution >= 4 is 12.0 Å². The summed E-state index contributed by atoms with van der Waals surface area (Å²) >= 11 is 0. The van der Waals surface area contributed by atoms with E-state index in [1.165, 1.54) is 16.0 Å². The van der Waals surface area contributed by atoms with Gasteiger partial charge in [0.2, 0.25) is 5.91 Å². The Morgan fingerprint density at radius 1 is 1.04 bits per heavy atom. The molecule has 2 amide bonds. The van der Waals surface area contributed by atoms with Crippen molar-refractivity contribution in [1.29, 1.82) is 0 Å². The molecule has 4 heteroatoms. The number of cyclic esters (lactones) is 1. The number of amides is 2. The van der Waals surface area contributed by atoms with E-state index in [-0.39, 0.29) is 18.6 Å². The molecule has 0 aliphatic carbocycles. The average Bonchev–Trinajstić information content (AvgIpc) is 3.01. The summed E-state index contributed by atoms with van der Waals surface area (Å²) in [6.07, 6.45) is 3.17. The van der Waals surface area contributed by atoms with Gasteiger partial charge >= 0.3 is 6.09 Å². The van der Waals surface area contributed by atoms with Crippen molar-refractivity contribution in [3.63, 3.8) is 0 Å². The van der Waals surface area contributed by atoms with Gasteiger partial charge in [-0.3, -0.25) is 4.79 Å². The van der Waals surface area contributed by atoms with Crippen molar-refractivity contribution in [2.75, 3.05) is 6.61 Å². The molecule has 0 unspecified atom stereocenters. The predicted molar refractivity (Wildman–Crippen MR) is 101 cm³/mol. The van der Waals surface area contributed by atoms with Crippen LogP contribution in [-0.4, -0.2) is 29.5 Å². The first-order chi connectivity index (χ1) is 12.6. The van der Waals surface area contributed by atoms with Gasteiger partial charge in [-0.25, -0.2) is 9.69 Å². The summed E-state index contributed by atoms with van der Waals surface area (Å²) < 4.78 is 5.12. The molecule has 2 aromatic carbocycles. The van der Waals surface area contributed by atoms with E-state index in [1.807, 2.05) is 30.3 Å². The molecule has 1 heterocycles. The van der Waals surface area contributed by atoms with Crippen molar-refractivity contribution < 1.29 is 14.3 Å². The highest BCUT2D eigenvalue weighted by molar-refractivity contribution is 5.93. The minimum absolute atomic E-state index is 0.127. The lowest BCUT2D eigenvalue weighted by molar-refractivity contribution is -0.129. The van der Waals surface area contributed by atoms with Gasteiger partial charge in [0.25, 0.3) is 0 Å². The van der Waals surface area contributed by atoms with Crippen LogP contribution in [0, 0.1) is 6.92 Å². The third-order valence-corrected chi connectivity index (χ3v) is 4.77. The molecule has 1 saturated heterocycles. The molecule has 1 aliphatic rings. The summed E-state index contributed by atoms with van der Waals surface area (Å²) in [6.45, 7) is 2.35. The monoisotopic (exact) mass is 351 g/mol. The van der Waals surface area contributed by atoms with E-state index in [0.717, 1.165) is 24.8 Å². The minimum Gasteiger partial charge on any atom is -0.447 e. The quantitative estimate of drug-likeness (QED) is 0.699. The topological polar surface area (TPSA) is 46.6 Å². The third-order valence-electron chi connectivity index (χ3n) is 4.77. The molecule has 3 rings (SSSR count). The lowest BCUT2D eigenvalue weighted by Gasteiger charge is -2.19. The number of carbonyl (C=O) groups excluding carboxylic acids is 2. The smallest absolute Gasteiger partial charge is 0.416 e. The summed E-state index contributed by atoms with van der Waals surface area (Å²) in [7, 11) is 0. The Morgan fingerprint density at radius 2 is 1.77 bits per heavy atom. The Kier molecular flexibility index (Phi) is 6.05. The first kappa shape index (κ1) is 18.2. The van der Waals surface area contributed by atoms with Gasteiger partial charge < -0.3 is 4.74 Å². The maximum Gasteiger partial charge on any atom is 0.416 e. The van der Waals surface area contributed by atoms with Crippen molar-refractivity contribution in [3.05, 3.63) is 71.3 Å². The number of hydrogen-bond donors (Lipinski definition) is 0. The summed E-state index contributed by atoms with van der Waals surface area (Å²) in [5.41, 5.74) is 3.64. The zero-order valence-electron chi connectivity index (χ0n) is 15.2. The first-order valence-corrected chi connectivity index (χ1v) is 9.22. The van der Waals surface area contributed by atoms with Gasteiger partial charge in [0, 0.05) is 6.42 Å². The SMILES string of the molecule is Cc1ccc(CCCCC(=O)N2C(=O)OC[C@@H]2Cc2ccccc2)cc1. The molecule has 0 N–H and O–H groups in total. The molecule has 136 valence electrons. The van der Waals surface area contributed by atoms with Crippen molar-refractivity contribution in [2.24, 2.45) is 0 Å². The van der Waals surface area contributed by atoms with Gasteiger partial charge in [0.15, 0.2) is 0 Å². The fourth-order valence-corrected chi connectivity index (χ4v) is 3.28. The number of imide groups is 1. The molecule has 2 aromatic rings. The second kappa shape index (κ2) is 8.65. The lowest BCUT2D eigenvalue weighted by atomic mass is 10.0. The standard InChI is InChI=1S/C22H25NO3/c1-17-11-13-18(14-12-17)7-5-6-10-21(24)23-20(16-26-22(23)25)15-19-8-3-2-4-9-19/h2-4,8-9,11-14,20H,5-7,10,15-16H2,1H3/t20-/m0/s1. The second-order valence-electron chi connectivity index (χ2n) is 6.88. The molecular formula is C22H25NO3. The zero-order valence-corrected chi connectivity index (χ0v) is 15.2. The largest absolute Gasteiger partial charge is 0.447 e. The molecule has 1 atom stereocenters. The van der Waals surface area contributed by atoms with Gasteiger partial charge in [0.05, 0.1) is 6.04 Å². The van der Waals surface area contributed by atoms with Crippen LogP contribution in [0.25, 0.3) is 0 Å². The van der Waals surface area contributed by atoms with Crippen molar-refractivity contribution in [2.45, 2.75) is 45.1 Å². The molecule has 0 aromatic heterocycles. The number of rotatable bonds is 7. The highest BCUT2D eigenvalue weighted by Gasteiger charge is 2.37. The fraction of sp³-hybridized carbons (Fsp3) is 0.364. The maximum absolute atomic E-state index is 12.5. The van der Waals surface area contributed by atoms with Crippen LogP contribution in [0.2, 0.25) is 0 Å². The van der Waals surface area contributed by atoms with Crippen LogP contribution in [0.3, 0.4) is 0 Å². The van der Waals surface area contributed by atoms with Gasteiger partial charge in [-0.15, -0.1) is 0 Å². The Bertz CT molecular complexity index is 740. The highest BCUT2D eigenvalue weighted by Crippen LogP contribution is 2.19. The number of hydrogen-bond acceptors (Lipinski definition) is 3. The molecule has 0 radical (unpaired) electrons. The first-order valence-electron chi connectivity index (χ1n) is 9.22. The van der Waals surface area contributed by atoms with Crippen LogP contribution >= 0.6 is 0 Å². The molecule has 0 spiro atoms. The number of aryl methyl sites for hydroxylation is 2. The van der Waals surface area contributed by atoms with Crippen LogP contribution in [-0.2, 0) is 22.4 Å². The summed E-state index contributed by atoms with van der Waals surface area (Å²) in [5.74, 6) is -0.127. The number of unbranched alkanes of at least 4 members (excludes halogenated alkanes) is 1. The molecular weight excluding hydrogens is 326 g/mol. The van der Waals surface area contributed by atoms with Gasteiger partial charge in [-0.1, -0.05) is 60.2 Å². The Balaban J connectivity index is 1.48. The number of nitrogens with zero attached hydrogens (tertiary/aromatic N) is 1. The van der Waals surface area contributed by atoms with Gasteiger partial charge in [-0.2, -0.15) is 0 Å². The fourth-order valence-electron chi connectivity index (χ4n) is 3.28. The number of carbonyl (C=O) groups is 2. The molecule has 1 fully saturated rings. The van der Waals surface area contributed by atoms with E-state index >= 15 is 0 Å². The summed E-state index contributed by atoms with van der Waals surface area (Å²) in [6, 6.07) is 18.2. The van der Waals surface area contributed by atoms with E-state index in [4.69, 9.17) is 4.74 Å². The van der Waals surface area contributed by atoms with Crippen LogP contribution in [0.1, 0.15) is 36.0 Å². The van der Waals surface area contributed by atoms with Gasteiger partial charge in [0.1, 0.15) is 6.61 Å². The van der Waals surface area contributed by atoms with E-state index < -0.39 is 6.09 Å². The zero-order chi connectivity index (χ0) is 18.4. The molecule has 0 saturated carbocycles. The Labute approximate surface area is 154 Å². The second-order valence-corrected chi connectivity index (χ2v) is 6.88. The Hall–Kier alpha value is -2.62. The van der Waals surface area contributed by atoms with E-state index in [0.29, 0.717) is 12.8 Å². The Morgan fingerprint density at radius 3 is 2.50 bits per heavy atom. The lowest BCUT2D eigenvalue weighted by Crippen LogP contribution is -2.40. The molecule has 0 bridgehead atoms. The number of benzene rings is 2. The van der Waals surface area contributed by atoms with Crippen LogP contribution < -0.4 is 0 Å². The summed E-state index contributed by atoms with van der Waals surface area (Å²) in [4.78, 5) is 25.8. The average molecular weight is 351 g/mol. The molecule has 26 heavy (non-hydrogen) atoms. The van der Waals surface area contributed by atoms with Crippen LogP contribution in [0.5, 0.6) is 0 Å². The van der Waals surface area contributed by atoms with Crippen molar-refractivity contribution in [3.8, 4) is 0 Å². The number of ether oxygens (including phenoxy) is 1. The highest BCUT2D eigenvalue weighted by atomic mass is 16.6. The van der Waals surface area contributed by atoms with E-state index in [9.17, 15) is 9.59 Å².